The maximum absolute atomic E-state index is 11.8. The minimum atomic E-state index is -3.43. The molecule has 0 fully saturated rings. The van der Waals surface area contributed by atoms with E-state index in [-0.39, 0.29) is 18.8 Å². The van der Waals surface area contributed by atoms with E-state index >= 15 is 0 Å². The maximum atomic E-state index is 11.8. The Morgan fingerprint density at radius 2 is 1.89 bits per heavy atom. The second-order valence-corrected chi connectivity index (χ2v) is 6.59. The van der Waals surface area contributed by atoms with E-state index in [2.05, 4.69) is 0 Å². The Balaban J connectivity index is 2.54. The molecule has 0 aromatic heterocycles. The summed E-state index contributed by atoms with van der Waals surface area (Å²) >= 11 is 0. The lowest BCUT2D eigenvalue weighted by molar-refractivity contribution is -0.127. The van der Waals surface area contributed by atoms with Crippen LogP contribution in [-0.4, -0.2) is 49.5 Å². The van der Waals surface area contributed by atoms with E-state index < -0.39 is 21.5 Å². The lowest BCUT2D eigenvalue weighted by Crippen LogP contribution is -2.33. The van der Waals surface area contributed by atoms with Crippen molar-refractivity contribution < 1.29 is 18.3 Å². The molecular weight excluding hydrogens is 266 g/mol. The predicted octanol–water partition coefficient (Wildman–Crippen LogP) is 0.442. The van der Waals surface area contributed by atoms with Crippen LogP contribution in [0.1, 0.15) is 12.0 Å². The summed E-state index contributed by atoms with van der Waals surface area (Å²) in [6, 6.07) is 9.37. The third-order valence-corrected chi connectivity index (χ3v) is 4.24. The van der Waals surface area contributed by atoms with E-state index in [0.717, 1.165) is 5.56 Å². The second kappa shape index (κ2) is 7.25. The highest BCUT2D eigenvalue weighted by Gasteiger charge is 2.19. The van der Waals surface area contributed by atoms with Crippen molar-refractivity contribution in [2.24, 2.45) is 0 Å². The van der Waals surface area contributed by atoms with E-state index in [0.29, 0.717) is 6.54 Å². The third kappa shape index (κ3) is 5.85. The summed E-state index contributed by atoms with van der Waals surface area (Å²) in [5.41, 5.74) is 0.950. The summed E-state index contributed by atoms with van der Waals surface area (Å²) in [6.45, 7) is 0.197. The summed E-state index contributed by atoms with van der Waals surface area (Å²) in [4.78, 5) is 13.2. The van der Waals surface area contributed by atoms with Gasteiger partial charge in [-0.2, -0.15) is 0 Å². The van der Waals surface area contributed by atoms with Crippen LogP contribution >= 0.6 is 0 Å². The molecule has 5 nitrogen and oxygen atoms in total. The Morgan fingerprint density at radius 1 is 1.26 bits per heavy atom. The Hall–Kier alpha value is -1.40. The molecule has 0 aliphatic rings. The van der Waals surface area contributed by atoms with Gasteiger partial charge >= 0.3 is 0 Å². The Morgan fingerprint density at radius 3 is 2.47 bits per heavy atom. The first-order chi connectivity index (χ1) is 8.94. The second-order valence-electron chi connectivity index (χ2n) is 4.40. The maximum Gasteiger partial charge on any atom is 0.237 e. The summed E-state index contributed by atoms with van der Waals surface area (Å²) in [6.07, 6.45) is 0.165. The highest BCUT2D eigenvalue weighted by molar-refractivity contribution is 7.92. The number of aliphatic hydroxyl groups is 1. The molecule has 1 aromatic carbocycles. The van der Waals surface area contributed by atoms with Crippen molar-refractivity contribution in [1.82, 2.24) is 4.90 Å². The van der Waals surface area contributed by atoms with E-state index in [1.165, 1.54) is 4.90 Å². The van der Waals surface area contributed by atoms with Gasteiger partial charge in [0.1, 0.15) is 5.75 Å². The van der Waals surface area contributed by atoms with Gasteiger partial charge in [0.05, 0.1) is 5.75 Å². The van der Waals surface area contributed by atoms with Crippen molar-refractivity contribution in [3.63, 3.8) is 0 Å². The molecule has 0 radical (unpaired) electrons. The number of benzene rings is 1. The highest BCUT2D eigenvalue weighted by atomic mass is 32.2. The molecule has 0 atom stereocenters. The Kier molecular flexibility index (Phi) is 5.98. The van der Waals surface area contributed by atoms with Gasteiger partial charge in [-0.3, -0.25) is 4.79 Å². The molecule has 6 heteroatoms. The number of hydrogen-bond donors (Lipinski definition) is 1. The quantitative estimate of drug-likeness (QED) is 0.789. The molecule has 0 spiro atoms. The molecule has 1 N–H and O–H groups in total. The molecule has 0 heterocycles. The zero-order chi connectivity index (χ0) is 14.3. The molecule has 0 saturated carbocycles. The summed E-state index contributed by atoms with van der Waals surface area (Å²) in [7, 11) is -1.85. The molecule has 106 valence electrons. The number of sulfone groups is 1. The number of nitrogens with zero attached hydrogens (tertiary/aromatic N) is 1. The van der Waals surface area contributed by atoms with Crippen LogP contribution < -0.4 is 0 Å². The normalized spacial score (nSPS) is 11.3. The minimum absolute atomic E-state index is 0.158. The van der Waals surface area contributed by atoms with Crippen LogP contribution in [0.3, 0.4) is 0 Å². The monoisotopic (exact) mass is 285 g/mol. The van der Waals surface area contributed by atoms with Gasteiger partial charge in [-0.15, -0.1) is 0 Å². The molecule has 19 heavy (non-hydrogen) atoms. The van der Waals surface area contributed by atoms with Crippen LogP contribution in [0.25, 0.3) is 0 Å². The van der Waals surface area contributed by atoms with Crippen molar-refractivity contribution >= 4 is 15.7 Å². The number of hydrogen-bond acceptors (Lipinski definition) is 4. The molecule has 1 aromatic rings. The Labute approximate surface area is 113 Å². The molecule has 0 saturated heterocycles. The van der Waals surface area contributed by atoms with Gasteiger partial charge in [0, 0.05) is 20.2 Å². The Bertz CT molecular complexity index is 499. The van der Waals surface area contributed by atoms with E-state index in [1.54, 1.807) is 7.05 Å². The fourth-order valence-corrected chi connectivity index (χ4v) is 2.91. The number of aliphatic hydroxyl groups excluding tert-OH is 1. The van der Waals surface area contributed by atoms with Crippen LogP contribution in [0.5, 0.6) is 0 Å². The SMILES string of the molecule is CN(Cc1ccccc1)C(=O)CS(=O)(=O)CCCO. The van der Waals surface area contributed by atoms with E-state index in [4.69, 9.17) is 5.11 Å². The van der Waals surface area contributed by atoms with Crippen LogP contribution in [0.15, 0.2) is 30.3 Å². The zero-order valence-electron chi connectivity index (χ0n) is 10.9. The standard InChI is InChI=1S/C13H19NO4S/c1-14(10-12-6-3-2-4-7-12)13(16)11-19(17,18)9-5-8-15/h2-4,6-7,15H,5,8-11H2,1H3. The van der Waals surface area contributed by atoms with Crippen molar-refractivity contribution in [2.45, 2.75) is 13.0 Å². The van der Waals surface area contributed by atoms with Gasteiger partial charge in [0.2, 0.25) is 5.91 Å². The summed E-state index contributed by atoms with van der Waals surface area (Å²) < 4.78 is 23.2. The molecule has 1 rings (SSSR count). The van der Waals surface area contributed by atoms with Crippen LogP contribution in [-0.2, 0) is 21.2 Å². The fraction of sp³-hybridized carbons (Fsp3) is 0.462. The predicted molar refractivity (Wildman–Crippen MR) is 73.3 cm³/mol. The minimum Gasteiger partial charge on any atom is -0.396 e. The van der Waals surface area contributed by atoms with Gasteiger partial charge in [-0.05, 0) is 12.0 Å². The van der Waals surface area contributed by atoms with Gasteiger partial charge < -0.3 is 10.0 Å². The molecular formula is C13H19NO4S. The lowest BCUT2D eigenvalue weighted by atomic mass is 10.2. The lowest BCUT2D eigenvalue weighted by Gasteiger charge is -2.17. The first-order valence-corrected chi connectivity index (χ1v) is 7.86. The number of rotatable bonds is 7. The van der Waals surface area contributed by atoms with Crippen molar-refractivity contribution in [3.8, 4) is 0 Å². The summed E-state index contributed by atoms with van der Waals surface area (Å²) in [5.74, 6) is -1.09. The van der Waals surface area contributed by atoms with Gasteiger partial charge in [0.15, 0.2) is 9.84 Å². The highest BCUT2D eigenvalue weighted by Crippen LogP contribution is 2.04. The van der Waals surface area contributed by atoms with Gasteiger partial charge in [-0.25, -0.2) is 8.42 Å². The number of carbonyl (C=O) groups is 1. The molecule has 0 bridgehead atoms. The topological polar surface area (TPSA) is 74.7 Å². The number of amides is 1. The average molecular weight is 285 g/mol. The van der Waals surface area contributed by atoms with E-state index in [9.17, 15) is 13.2 Å². The van der Waals surface area contributed by atoms with Crippen LogP contribution in [0, 0.1) is 0 Å². The number of carbonyl (C=O) groups excluding carboxylic acids is 1. The third-order valence-electron chi connectivity index (χ3n) is 2.65. The molecule has 0 aliphatic heterocycles. The van der Waals surface area contributed by atoms with Gasteiger partial charge in [0.25, 0.3) is 0 Å². The van der Waals surface area contributed by atoms with Crippen molar-refractivity contribution in [3.05, 3.63) is 35.9 Å². The van der Waals surface area contributed by atoms with Gasteiger partial charge in [-0.1, -0.05) is 30.3 Å². The molecule has 0 aliphatic carbocycles. The average Bonchev–Trinajstić information content (AvgIpc) is 2.37. The first-order valence-electron chi connectivity index (χ1n) is 6.04. The van der Waals surface area contributed by atoms with E-state index in [1.807, 2.05) is 30.3 Å². The first kappa shape index (κ1) is 15.7. The zero-order valence-corrected chi connectivity index (χ0v) is 11.8. The van der Waals surface area contributed by atoms with Crippen LogP contribution in [0.2, 0.25) is 0 Å². The summed E-state index contributed by atoms with van der Waals surface area (Å²) in [5, 5.41) is 8.61. The largest absolute Gasteiger partial charge is 0.396 e. The smallest absolute Gasteiger partial charge is 0.237 e. The molecule has 1 amide bonds. The fourth-order valence-electron chi connectivity index (χ4n) is 1.60. The molecule has 0 unspecified atom stereocenters. The van der Waals surface area contributed by atoms with Crippen LogP contribution in [0.4, 0.5) is 0 Å². The van der Waals surface area contributed by atoms with Crippen molar-refractivity contribution in [1.29, 1.82) is 0 Å². The van der Waals surface area contributed by atoms with Crippen molar-refractivity contribution in [2.75, 3.05) is 25.2 Å².